The summed E-state index contributed by atoms with van der Waals surface area (Å²) in [7, 11) is 1.44. The van der Waals surface area contributed by atoms with Gasteiger partial charge in [-0.1, -0.05) is 20.3 Å². The molecule has 23 heavy (non-hydrogen) atoms. The minimum Gasteiger partial charge on any atom is -0.492 e. The smallest absolute Gasteiger partial charge is 0.294 e. The molecule has 7 heteroatoms. The molecule has 0 radical (unpaired) electrons. The van der Waals surface area contributed by atoms with E-state index in [1.165, 1.54) is 19.2 Å². The molecule has 0 saturated heterocycles. The second kappa shape index (κ2) is 7.13. The van der Waals surface area contributed by atoms with Gasteiger partial charge < -0.3 is 14.5 Å². The number of pyridine rings is 1. The van der Waals surface area contributed by atoms with Crippen LogP contribution >= 0.6 is 0 Å². The largest absolute Gasteiger partial charge is 0.492 e. The van der Waals surface area contributed by atoms with Crippen LogP contribution in [0.3, 0.4) is 0 Å². The minimum absolute atomic E-state index is 0.0968. The Morgan fingerprint density at radius 2 is 2.09 bits per heavy atom. The van der Waals surface area contributed by atoms with Crippen molar-refractivity contribution in [3.8, 4) is 11.5 Å². The van der Waals surface area contributed by atoms with Crippen LogP contribution in [0.1, 0.15) is 26.7 Å². The Morgan fingerprint density at radius 1 is 1.35 bits per heavy atom. The van der Waals surface area contributed by atoms with Gasteiger partial charge in [-0.25, -0.2) is 0 Å². The Labute approximate surface area is 133 Å². The van der Waals surface area contributed by atoms with Crippen LogP contribution in [0.4, 0.5) is 5.69 Å². The third-order valence-electron chi connectivity index (χ3n) is 3.62. The van der Waals surface area contributed by atoms with Gasteiger partial charge in [-0.15, -0.1) is 0 Å². The molecule has 1 atom stereocenters. The van der Waals surface area contributed by atoms with Crippen molar-refractivity contribution in [3.05, 3.63) is 38.7 Å². The maximum atomic E-state index is 12.2. The molecule has 0 aliphatic carbocycles. The fraction of sp³-hybridized carbons (Fsp3) is 0.438. The van der Waals surface area contributed by atoms with Crippen molar-refractivity contribution >= 4 is 16.6 Å². The third kappa shape index (κ3) is 3.61. The first-order valence-corrected chi connectivity index (χ1v) is 7.49. The van der Waals surface area contributed by atoms with Gasteiger partial charge in [0.1, 0.15) is 0 Å². The fourth-order valence-corrected chi connectivity index (χ4v) is 2.49. The number of aromatic nitrogens is 1. The van der Waals surface area contributed by atoms with Crippen molar-refractivity contribution in [2.45, 2.75) is 26.7 Å². The average molecular weight is 320 g/mol. The Morgan fingerprint density at radius 3 is 2.70 bits per heavy atom. The third-order valence-corrected chi connectivity index (χ3v) is 3.62. The summed E-state index contributed by atoms with van der Waals surface area (Å²) >= 11 is 0. The van der Waals surface area contributed by atoms with E-state index in [4.69, 9.17) is 9.47 Å². The zero-order chi connectivity index (χ0) is 17.0. The highest BCUT2D eigenvalue weighted by atomic mass is 16.6. The molecule has 2 rings (SSSR count). The average Bonchev–Trinajstić information content (AvgIpc) is 2.51. The van der Waals surface area contributed by atoms with Gasteiger partial charge in [-0.3, -0.25) is 14.9 Å². The summed E-state index contributed by atoms with van der Waals surface area (Å²) in [5.41, 5.74) is -0.214. The number of hydrogen-bond donors (Lipinski definition) is 1. The molecule has 0 aliphatic heterocycles. The number of fused-ring (bicyclic) bond motifs is 1. The fourth-order valence-electron chi connectivity index (χ4n) is 2.49. The number of nitro groups is 1. The molecule has 7 nitrogen and oxygen atoms in total. The topological polar surface area (TPSA) is 94.5 Å². The van der Waals surface area contributed by atoms with E-state index in [0.29, 0.717) is 29.2 Å². The Balaban J connectivity index is 2.45. The van der Waals surface area contributed by atoms with E-state index in [0.717, 1.165) is 12.8 Å². The van der Waals surface area contributed by atoms with Crippen molar-refractivity contribution in [1.29, 1.82) is 0 Å². The van der Waals surface area contributed by atoms with Crippen LogP contribution in [0.15, 0.2) is 23.0 Å². The molecule has 0 spiro atoms. The van der Waals surface area contributed by atoms with E-state index in [1.54, 1.807) is 6.07 Å². The second-order valence-electron chi connectivity index (χ2n) is 5.51. The van der Waals surface area contributed by atoms with Crippen LogP contribution in [0.5, 0.6) is 11.5 Å². The molecule has 0 saturated carbocycles. The van der Waals surface area contributed by atoms with Crippen molar-refractivity contribution in [2.24, 2.45) is 5.92 Å². The summed E-state index contributed by atoms with van der Waals surface area (Å²) in [6.07, 6.45) is 2.04. The number of H-pyrrole nitrogens is 1. The highest BCUT2D eigenvalue weighted by Crippen LogP contribution is 2.33. The molecule has 124 valence electrons. The van der Waals surface area contributed by atoms with E-state index in [1.807, 2.05) is 0 Å². The Kier molecular flexibility index (Phi) is 5.20. The first kappa shape index (κ1) is 16.8. The summed E-state index contributed by atoms with van der Waals surface area (Å²) in [6.45, 7) is 4.55. The molecule has 1 N–H and O–H groups in total. The van der Waals surface area contributed by atoms with Crippen LogP contribution < -0.4 is 15.0 Å². The van der Waals surface area contributed by atoms with E-state index >= 15 is 0 Å². The summed E-state index contributed by atoms with van der Waals surface area (Å²) < 4.78 is 11.0. The highest BCUT2D eigenvalue weighted by Gasteiger charge is 2.18. The quantitative estimate of drug-likeness (QED) is 0.624. The van der Waals surface area contributed by atoms with Gasteiger partial charge in [0.25, 0.3) is 11.2 Å². The number of non-ortho nitro benzene ring substituents is 1. The summed E-state index contributed by atoms with van der Waals surface area (Å²) in [6, 6.07) is 4.22. The predicted molar refractivity (Wildman–Crippen MR) is 87.3 cm³/mol. The maximum Gasteiger partial charge on any atom is 0.294 e. The number of benzene rings is 1. The van der Waals surface area contributed by atoms with Crippen LogP contribution in [-0.2, 0) is 0 Å². The van der Waals surface area contributed by atoms with Crippen molar-refractivity contribution in [2.75, 3.05) is 13.7 Å². The summed E-state index contributed by atoms with van der Waals surface area (Å²) in [4.78, 5) is 25.2. The first-order chi connectivity index (χ1) is 11.0. The molecule has 0 aliphatic rings. The molecular formula is C16H20N2O5. The predicted octanol–water partition coefficient (Wildman–Crippen LogP) is 3.26. The molecule has 1 aromatic heterocycles. The van der Waals surface area contributed by atoms with Gasteiger partial charge in [-0.2, -0.15) is 0 Å². The summed E-state index contributed by atoms with van der Waals surface area (Å²) in [5.74, 6) is 0.718. The molecule has 0 bridgehead atoms. The minimum atomic E-state index is -0.513. The van der Waals surface area contributed by atoms with Gasteiger partial charge >= 0.3 is 0 Å². The number of ether oxygens (including phenoxy) is 2. The Bertz CT molecular complexity index is 769. The van der Waals surface area contributed by atoms with Crippen LogP contribution in [-0.4, -0.2) is 23.6 Å². The van der Waals surface area contributed by atoms with Crippen LogP contribution in [0.2, 0.25) is 0 Å². The lowest BCUT2D eigenvalue weighted by Gasteiger charge is -2.15. The number of methoxy groups -OCH3 is 1. The van der Waals surface area contributed by atoms with Crippen LogP contribution in [0, 0.1) is 16.0 Å². The van der Waals surface area contributed by atoms with E-state index < -0.39 is 10.5 Å². The van der Waals surface area contributed by atoms with E-state index in [-0.39, 0.29) is 11.4 Å². The first-order valence-electron chi connectivity index (χ1n) is 7.49. The number of nitrogens with zero attached hydrogens (tertiary/aromatic N) is 1. The normalized spacial score (nSPS) is 12.1. The molecule has 0 fully saturated rings. The molecule has 1 aromatic carbocycles. The number of rotatable bonds is 7. The second-order valence-corrected chi connectivity index (χ2v) is 5.51. The Hall–Kier alpha value is -2.57. The lowest BCUT2D eigenvalue weighted by molar-refractivity contribution is -0.384. The number of aromatic amines is 1. The SMILES string of the molecule is CCCC(C)COc1c(OC)c2ccc([N+](=O)[O-])cc2[nH]c1=O. The number of hydrogen-bond acceptors (Lipinski definition) is 5. The van der Waals surface area contributed by atoms with Crippen LogP contribution in [0.25, 0.3) is 10.9 Å². The van der Waals surface area contributed by atoms with Crippen molar-refractivity contribution < 1.29 is 14.4 Å². The standard InChI is InChI=1S/C16H20N2O5/c1-4-5-10(2)9-23-15-14(22-3)12-7-6-11(18(20)21)8-13(12)17-16(15)19/h6-8,10H,4-5,9H2,1-3H3,(H,17,19). The molecule has 0 amide bonds. The zero-order valence-electron chi connectivity index (χ0n) is 13.4. The summed E-state index contributed by atoms with van der Waals surface area (Å²) in [5, 5.41) is 11.4. The molecule has 2 aromatic rings. The van der Waals surface area contributed by atoms with Gasteiger partial charge in [-0.05, 0) is 18.4 Å². The zero-order valence-corrected chi connectivity index (χ0v) is 13.4. The van der Waals surface area contributed by atoms with E-state index in [9.17, 15) is 14.9 Å². The van der Waals surface area contributed by atoms with Crippen molar-refractivity contribution in [3.63, 3.8) is 0 Å². The molecule has 1 unspecified atom stereocenters. The van der Waals surface area contributed by atoms with Gasteiger partial charge in [0.05, 0.1) is 24.2 Å². The number of nitro benzene ring substituents is 1. The van der Waals surface area contributed by atoms with Crippen molar-refractivity contribution in [1.82, 2.24) is 4.98 Å². The molecule has 1 heterocycles. The van der Waals surface area contributed by atoms with Gasteiger partial charge in [0, 0.05) is 17.5 Å². The maximum absolute atomic E-state index is 12.2. The highest BCUT2D eigenvalue weighted by molar-refractivity contribution is 5.88. The van der Waals surface area contributed by atoms with Gasteiger partial charge in [0.2, 0.25) is 5.75 Å². The monoisotopic (exact) mass is 320 g/mol. The van der Waals surface area contributed by atoms with Gasteiger partial charge in [0.15, 0.2) is 5.75 Å². The lowest BCUT2D eigenvalue weighted by atomic mass is 10.1. The lowest BCUT2D eigenvalue weighted by Crippen LogP contribution is -2.17. The van der Waals surface area contributed by atoms with E-state index in [2.05, 4.69) is 18.8 Å². The number of nitrogens with one attached hydrogen (secondary N) is 1. The molecular weight excluding hydrogens is 300 g/mol.